The summed E-state index contributed by atoms with van der Waals surface area (Å²) in [5.41, 5.74) is 0. The van der Waals surface area contributed by atoms with Crippen LogP contribution in [0, 0.1) is 0 Å². The SMILES string of the molecule is CCCCCCOP(=O)(O)OBr.[KH]. The Balaban J connectivity index is 0. The van der Waals surface area contributed by atoms with Crippen molar-refractivity contribution in [1.29, 1.82) is 0 Å². The fourth-order valence-corrected chi connectivity index (χ4v) is 1.38. The standard InChI is InChI=1S/C6H14BrO4P.K.H/c1-2-3-4-5-6-10-12(8,9)11-7;;/h2-6H2,1H3,(H,8,9);;. The van der Waals surface area contributed by atoms with Gasteiger partial charge in [-0.2, -0.15) is 0 Å². The van der Waals surface area contributed by atoms with Gasteiger partial charge in [0.05, 0.1) is 6.61 Å². The van der Waals surface area contributed by atoms with Crippen molar-refractivity contribution in [3.63, 3.8) is 0 Å². The van der Waals surface area contributed by atoms with Crippen LogP contribution >= 0.6 is 24.1 Å². The van der Waals surface area contributed by atoms with Gasteiger partial charge in [-0.25, -0.2) is 8.18 Å². The fraction of sp³-hybridized carbons (Fsp3) is 1.00. The van der Waals surface area contributed by atoms with Crippen LogP contribution in [0.15, 0.2) is 0 Å². The molecule has 76 valence electrons. The first-order valence-electron chi connectivity index (χ1n) is 3.90. The Morgan fingerprint density at radius 1 is 1.38 bits per heavy atom. The van der Waals surface area contributed by atoms with Gasteiger partial charge in [-0.15, -0.1) is 0 Å². The molecule has 0 saturated heterocycles. The zero-order chi connectivity index (χ0) is 9.45. The molecular weight excluding hydrogens is 286 g/mol. The third kappa shape index (κ3) is 12.2. The Kier molecular flexibility index (Phi) is 14.5. The molecule has 0 aromatic heterocycles. The summed E-state index contributed by atoms with van der Waals surface area (Å²) in [5, 5.41) is 0. The van der Waals surface area contributed by atoms with E-state index in [1.807, 2.05) is 0 Å². The molecule has 7 heteroatoms. The van der Waals surface area contributed by atoms with E-state index in [9.17, 15) is 4.57 Å². The van der Waals surface area contributed by atoms with E-state index in [1.165, 1.54) is 0 Å². The van der Waals surface area contributed by atoms with Gasteiger partial charge < -0.3 is 4.89 Å². The van der Waals surface area contributed by atoms with Crippen LogP contribution in [-0.4, -0.2) is 62.9 Å². The molecule has 0 fully saturated rings. The molecule has 0 aromatic rings. The minimum absolute atomic E-state index is 0. The predicted molar refractivity (Wildman–Crippen MR) is 57.1 cm³/mol. The molecule has 0 amide bonds. The quantitative estimate of drug-likeness (QED) is 0.445. The molecule has 0 bridgehead atoms. The van der Waals surface area contributed by atoms with E-state index < -0.39 is 7.82 Å². The van der Waals surface area contributed by atoms with Gasteiger partial charge in [-0.1, -0.05) is 26.2 Å². The zero-order valence-electron chi connectivity index (χ0n) is 7.03. The van der Waals surface area contributed by atoms with Crippen LogP contribution in [-0.2, 0) is 12.7 Å². The zero-order valence-corrected chi connectivity index (χ0v) is 9.51. The third-order valence-electron chi connectivity index (χ3n) is 1.34. The number of rotatable bonds is 7. The molecule has 0 spiro atoms. The van der Waals surface area contributed by atoms with Gasteiger partial charge in [0, 0.05) is 0 Å². The number of unbranched alkanes of at least 4 members (excludes halogenated alkanes) is 3. The van der Waals surface area contributed by atoms with E-state index in [-0.39, 0.29) is 58.0 Å². The van der Waals surface area contributed by atoms with Crippen LogP contribution in [0.25, 0.3) is 0 Å². The molecule has 1 N–H and O–H groups in total. The summed E-state index contributed by atoms with van der Waals surface area (Å²) < 4.78 is 19.3. The average Bonchev–Trinajstić information content (AvgIpc) is 2.04. The van der Waals surface area contributed by atoms with E-state index in [0.717, 1.165) is 25.7 Å². The van der Waals surface area contributed by atoms with E-state index in [2.05, 4.69) is 31.3 Å². The van der Waals surface area contributed by atoms with Crippen molar-refractivity contribution in [1.82, 2.24) is 0 Å². The van der Waals surface area contributed by atoms with Gasteiger partial charge in [-0.3, -0.25) is 4.52 Å². The average molecular weight is 301 g/mol. The molecule has 0 aromatic carbocycles. The first kappa shape index (κ1) is 17.6. The fourth-order valence-electron chi connectivity index (χ4n) is 0.729. The maximum absolute atomic E-state index is 10.7. The van der Waals surface area contributed by atoms with Crippen molar-refractivity contribution >= 4 is 75.5 Å². The number of halogens is 1. The maximum atomic E-state index is 10.7. The van der Waals surface area contributed by atoms with Gasteiger partial charge >= 0.3 is 59.2 Å². The van der Waals surface area contributed by atoms with E-state index in [0.29, 0.717) is 0 Å². The van der Waals surface area contributed by atoms with Crippen LogP contribution < -0.4 is 0 Å². The van der Waals surface area contributed by atoms with Gasteiger partial charge in [0.1, 0.15) is 16.3 Å². The first-order chi connectivity index (χ1) is 5.62. The van der Waals surface area contributed by atoms with Crippen molar-refractivity contribution in [3.8, 4) is 0 Å². The Bertz CT molecular complexity index is 158. The molecule has 0 aliphatic rings. The van der Waals surface area contributed by atoms with E-state index in [4.69, 9.17) is 4.89 Å². The minimum atomic E-state index is -3.81. The van der Waals surface area contributed by atoms with Crippen molar-refractivity contribution in [3.05, 3.63) is 0 Å². The van der Waals surface area contributed by atoms with E-state index in [1.54, 1.807) is 0 Å². The van der Waals surface area contributed by atoms with Crippen molar-refractivity contribution in [2.45, 2.75) is 32.6 Å². The normalized spacial score (nSPS) is 14.7. The van der Waals surface area contributed by atoms with Crippen molar-refractivity contribution < 1.29 is 17.6 Å². The molecular formula is C6H15BrKO4P. The molecule has 0 heterocycles. The van der Waals surface area contributed by atoms with Crippen LogP contribution in [0.5, 0.6) is 0 Å². The Hall–Kier alpha value is 2.23. The van der Waals surface area contributed by atoms with Gasteiger partial charge in [-0.05, 0) is 6.42 Å². The summed E-state index contributed by atoms with van der Waals surface area (Å²) in [5.74, 6) is 0. The molecule has 4 nitrogen and oxygen atoms in total. The number of hydrogen-bond donors (Lipinski definition) is 1. The topological polar surface area (TPSA) is 55.8 Å². The summed E-state index contributed by atoms with van der Waals surface area (Å²) >= 11 is 2.42. The Labute approximate surface area is 130 Å². The van der Waals surface area contributed by atoms with Gasteiger partial charge in [0.15, 0.2) is 0 Å². The monoisotopic (exact) mass is 300 g/mol. The Morgan fingerprint density at radius 3 is 2.46 bits per heavy atom. The molecule has 0 rings (SSSR count). The summed E-state index contributed by atoms with van der Waals surface area (Å²) in [6.07, 6.45) is 4.05. The van der Waals surface area contributed by atoms with Crippen LogP contribution in [0.2, 0.25) is 0 Å². The van der Waals surface area contributed by atoms with Crippen LogP contribution in [0.1, 0.15) is 32.6 Å². The molecule has 13 heavy (non-hydrogen) atoms. The van der Waals surface area contributed by atoms with Gasteiger partial charge in [0.2, 0.25) is 0 Å². The summed E-state index contributed by atoms with van der Waals surface area (Å²) in [6.45, 7) is 2.36. The van der Waals surface area contributed by atoms with Crippen LogP contribution in [0.3, 0.4) is 0 Å². The predicted octanol–water partition coefficient (Wildman–Crippen LogP) is 2.36. The summed E-state index contributed by atoms with van der Waals surface area (Å²) in [4.78, 5) is 8.74. The molecule has 0 aliphatic carbocycles. The number of hydrogen-bond acceptors (Lipinski definition) is 3. The Morgan fingerprint density at radius 2 is 2.00 bits per heavy atom. The second kappa shape index (κ2) is 10.7. The third-order valence-corrected chi connectivity index (χ3v) is 3.12. The molecule has 1 unspecified atom stereocenters. The van der Waals surface area contributed by atoms with Crippen LogP contribution in [0.4, 0.5) is 0 Å². The van der Waals surface area contributed by atoms with Gasteiger partial charge in [0.25, 0.3) is 0 Å². The second-order valence-electron chi connectivity index (χ2n) is 2.43. The molecule has 1 atom stereocenters. The molecule has 0 radical (unpaired) electrons. The van der Waals surface area contributed by atoms with Crippen molar-refractivity contribution in [2.75, 3.05) is 6.61 Å². The molecule has 0 saturated carbocycles. The van der Waals surface area contributed by atoms with Crippen molar-refractivity contribution in [2.24, 2.45) is 0 Å². The summed E-state index contributed by atoms with van der Waals surface area (Å²) in [6, 6.07) is 0. The summed E-state index contributed by atoms with van der Waals surface area (Å²) in [7, 11) is -3.81. The van der Waals surface area contributed by atoms with E-state index >= 15 is 0 Å². The second-order valence-corrected chi connectivity index (χ2v) is 4.63. The first-order valence-corrected chi connectivity index (χ1v) is 6.04. The number of phosphoric acid groups is 1. The molecule has 0 aliphatic heterocycles. The number of phosphoric ester groups is 1.